The Balaban J connectivity index is 1.71. The smallest absolute Gasteiger partial charge is 0.349 e. The number of hydrogen-bond acceptors (Lipinski definition) is 7. The summed E-state index contributed by atoms with van der Waals surface area (Å²) in [5, 5.41) is 4.80. The van der Waals surface area contributed by atoms with Crippen LogP contribution in [-0.2, 0) is 22.5 Å². The fraction of sp³-hybridized carbons (Fsp3) is 0.353. The Labute approximate surface area is 158 Å². The van der Waals surface area contributed by atoms with Crippen molar-refractivity contribution in [2.24, 2.45) is 0 Å². The van der Waals surface area contributed by atoms with Crippen LogP contribution in [0.4, 0.5) is 4.79 Å². The summed E-state index contributed by atoms with van der Waals surface area (Å²) in [7, 11) is 0. The predicted octanol–water partition coefficient (Wildman–Crippen LogP) is 0.881. The molecule has 0 atom stereocenters. The number of nitrogens with zero attached hydrogens (tertiary/aromatic N) is 2. The Morgan fingerprint density at radius 1 is 1.41 bits per heavy atom. The summed E-state index contributed by atoms with van der Waals surface area (Å²) in [4.78, 5) is 53.1. The van der Waals surface area contributed by atoms with Crippen molar-refractivity contribution >= 4 is 39.5 Å². The molecule has 0 fully saturated rings. The van der Waals surface area contributed by atoms with E-state index in [4.69, 9.17) is 4.74 Å². The molecule has 3 rings (SSSR count). The Hall–Kier alpha value is -3.01. The number of carbonyl (C=O) groups excluding carboxylic acids is 3. The molecule has 1 aliphatic heterocycles. The van der Waals surface area contributed by atoms with Gasteiger partial charge in [-0.25, -0.2) is 14.6 Å². The van der Waals surface area contributed by atoms with Gasteiger partial charge in [-0.2, -0.15) is 0 Å². The van der Waals surface area contributed by atoms with Crippen LogP contribution in [0, 0.1) is 6.92 Å². The third-order valence-electron chi connectivity index (χ3n) is 4.09. The molecule has 27 heavy (non-hydrogen) atoms. The first-order valence-corrected chi connectivity index (χ1v) is 9.12. The van der Waals surface area contributed by atoms with E-state index in [2.05, 4.69) is 16.9 Å². The van der Waals surface area contributed by atoms with Crippen LogP contribution in [0.2, 0.25) is 0 Å². The number of urea groups is 1. The highest BCUT2D eigenvalue weighted by atomic mass is 32.1. The minimum absolute atomic E-state index is 0.156. The first-order chi connectivity index (χ1) is 12.9. The van der Waals surface area contributed by atoms with Crippen molar-refractivity contribution in [1.29, 1.82) is 0 Å². The second kappa shape index (κ2) is 7.70. The predicted molar refractivity (Wildman–Crippen MR) is 99.0 cm³/mol. The Bertz CT molecular complexity index is 1010. The van der Waals surface area contributed by atoms with E-state index >= 15 is 0 Å². The van der Waals surface area contributed by atoms with Crippen LogP contribution in [-0.4, -0.2) is 40.6 Å². The molecule has 0 aliphatic carbocycles. The van der Waals surface area contributed by atoms with Crippen LogP contribution in [0.25, 0.3) is 10.2 Å². The molecule has 2 aromatic rings. The van der Waals surface area contributed by atoms with Crippen LogP contribution < -0.4 is 16.2 Å². The number of carbonyl (C=O) groups is 3. The van der Waals surface area contributed by atoms with E-state index in [9.17, 15) is 19.2 Å². The molecule has 0 spiro atoms. The summed E-state index contributed by atoms with van der Waals surface area (Å²) in [6.07, 6.45) is 3.07. The molecule has 9 nitrogen and oxygen atoms in total. The normalized spacial score (nSPS) is 12.5. The first kappa shape index (κ1) is 18.8. The molecular formula is C17H18N4O5S. The molecule has 10 heteroatoms. The molecule has 0 saturated heterocycles. The Morgan fingerprint density at radius 3 is 2.93 bits per heavy atom. The number of rotatable bonds is 5. The maximum Gasteiger partial charge on any atom is 0.349 e. The van der Waals surface area contributed by atoms with Crippen molar-refractivity contribution in [3.8, 4) is 0 Å². The molecule has 0 radical (unpaired) electrons. The zero-order valence-electron chi connectivity index (χ0n) is 14.7. The van der Waals surface area contributed by atoms with Crippen molar-refractivity contribution in [3.05, 3.63) is 39.3 Å². The number of amides is 3. The molecule has 2 aromatic heterocycles. The molecule has 2 N–H and O–H groups in total. The lowest BCUT2D eigenvalue weighted by Crippen LogP contribution is -2.41. The standard InChI is InChI=1S/C17H18N4O5S/c1-3-6-18-17(25)20-11(22)8-26-16(24)13-9(2)12-14(27-13)19-10-5-4-7-21(10)15(12)23/h3H,1,4-8H2,2H3,(H2,18,20,22,25). The van der Waals surface area contributed by atoms with E-state index < -0.39 is 24.5 Å². The number of aryl methyl sites for hydroxylation is 2. The van der Waals surface area contributed by atoms with E-state index in [1.807, 2.05) is 5.32 Å². The van der Waals surface area contributed by atoms with E-state index in [-0.39, 0.29) is 17.0 Å². The second-order valence-electron chi connectivity index (χ2n) is 5.95. The van der Waals surface area contributed by atoms with E-state index in [1.165, 1.54) is 6.08 Å². The number of esters is 1. The maximum atomic E-state index is 12.6. The van der Waals surface area contributed by atoms with Gasteiger partial charge in [-0.05, 0) is 18.9 Å². The monoisotopic (exact) mass is 390 g/mol. The lowest BCUT2D eigenvalue weighted by molar-refractivity contribution is -0.123. The van der Waals surface area contributed by atoms with E-state index in [0.717, 1.165) is 30.0 Å². The largest absolute Gasteiger partial charge is 0.451 e. The minimum atomic E-state index is -0.763. The van der Waals surface area contributed by atoms with Crippen LogP contribution in [0.3, 0.4) is 0 Å². The number of nitrogens with one attached hydrogen (secondary N) is 2. The van der Waals surface area contributed by atoms with Crippen molar-refractivity contribution < 1.29 is 19.1 Å². The molecular weight excluding hydrogens is 372 g/mol. The summed E-state index contributed by atoms with van der Waals surface area (Å²) in [5.74, 6) is -0.777. The quantitative estimate of drug-likeness (QED) is 0.578. The zero-order chi connectivity index (χ0) is 19.6. The number of fused-ring (bicyclic) bond motifs is 2. The van der Waals surface area contributed by atoms with Gasteiger partial charge in [0, 0.05) is 19.5 Å². The molecule has 1 aliphatic rings. The fourth-order valence-electron chi connectivity index (χ4n) is 2.84. The molecule has 0 aromatic carbocycles. The van der Waals surface area contributed by atoms with Crippen molar-refractivity contribution in [1.82, 2.24) is 20.2 Å². The fourth-order valence-corrected chi connectivity index (χ4v) is 3.92. The molecule has 3 amide bonds. The summed E-state index contributed by atoms with van der Waals surface area (Å²) >= 11 is 1.07. The van der Waals surface area contributed by atoms with Gasteiger partial charge >= 0.3 is 12.0 Å². The average Bonchev–Trinajstić information content (AvgIpc) is 3.23. The molecule has 142 valence electrons. The van der Waals surface area contributed by atoms with Gasteiger partial charge in [-0.3, -0.25) is 19.5 Å². The molecule has 0 saturated carbocycles. The van der Waals surface area contributed by atoms with Crippen molar-refractivity contribution in [2.75, 3.05) is 13.2 Å². The number of imide groups is 1. The van der Waals surface area contributed by atoms with Gasteiger partial charge in [0.25, 0.3) is 11.5 Å². The van der Waals surface area contributed by atoms with Crippen LogP contribution in [0.1, 0.15) is 27.5 Å². The summed E-state index contributed by atoms with van der Waals surface area (Å²) < 4.78 is 6.60. The summed E-state index contributed by atoms with van der Waals surface area (Å²) in [5.41, 5.74) is 0.334. The topological polar surface area (TPSA) is 119 Å². The minimum Gasteiger partial charge on any atom is -0.451 e. The van der Waals surface area contributed by atoms with Gasteiger partial charge < -0.3 is 10.1 Å². The van der Waals surface area contributed by atoms with Gasteiger partial charge in [-0.1, -0.05) is 6.08 Å². The summed E-state index contributed by atoms with van der Waals surface area (Å²) in [6.45, 7) is 5.30. The molecule has 0 bridgehead atoms. The van der Waals surface area contributed by atoms with Gasteiger partial charge in [0.15, 0.2) is 6.61 Å². The Morgan fingerprint density at radius 2 is 2.19 bits per heavy atom. The number of thiophene rings is 1. The summed E-state index contributed by atoms with van der Waals surface area (Å²) in [6, 6.07) is -0.708. The third-order valence-corrected chi connectivity index (χ3v) is 5.26. The van der Waals surface area contributed by atoms with Crippen molar-refractivity contribution in [2.45, 2.75) is 26.3 Å². The van der Waals surface area contributed by atoms with Crippen LogP contribution >= 0.6 is 11.3 Å². The van der Waals surface area contributed by atoms with E-state index in [1.54, 1.807) is 11.5 Å². The maximum absolute atomic E-state index is 12.6. The lowest BCUT2D eigenvalue weighted by atomic mass is 10.2. The van der Waals surface area contributed by atoms with Crippen LogP contribution in [0.5, 0.6) is 0 Å². The number of aromatic nitrogens is 2. The zero-order valence-corrected chi connectivity index (χ0v) is 15.5. The third kappa shape index (κ3) is 3.75. The van der Waals surface area contributed by atoms with Crippen molar-refractivity contribution in [3.63, 3.8) is 0 Å². The van der Waals surface area contributed by atoms with Gasteiger partial charge in [0.05, 0.1) is 5.39 Å². The molecule has 0 unspecified atom stereocenters. The van der Waals surface area contributed by atoms with Gasteiger partial charge in [0.2, 0.25) is 0 Å². The van der Waals surface area contributed by atoms with E-state index in [0.29, 0.717) is 22.3 Å². The average molecular weight is 390 g/mol. The van der Waals surface area contributed by atoms with Crippen LogP contribution in [0.15, 0.2) is 17.4 Å². The Kier molecular flexibility index (Phi) is 5.36. The first-order valence-electron chi connectivity index (χ1n) is 8.31. The number of hydrogen-bond donors (Lipinski definition) is 2. The SMILES string of the molecule is C=CCNC(=O)NC(=O)COC(=O)c1sc2nc3n(c(=O)c2c1C)CCC3. The highest BCUT2D eigenvalue weighted by Gasteiger charge is 2.24. The molecule has 3 heterocycles. The lowest BCUT2D eigenvalue weighted by Gasteiger charge is -2.06. The highest BCUT2D eigenvalue weighted by molar-refractivity contribution is 7.20. The number of ether oxygens (including phenoxy) is 1. The van der Waals surface area contributed by atoms with Gasteiger partial charge in [0.1, 0.15) is 15.5 Å². The highest BCUT2D eigenvalue weighted by Crippen LogP contribution is 2.29. The van der Waals surface area contributed by atoms with Gasteiger partial charge in [-0.15, -0.1) is 17.9 Å². The second-order valence-corrected chi connectivity index (χ2v) is 6.95.